The van der Waals surface area contributed by atoms with Crippen molar-refractivity contribution in [1.82, 2.24) is 24.8 Å². The van der Waals surface area contributed by atoms with Gasteiger partial charge in [0.25, 0.3) is 0 Å². The maximum atomic E-state index is 6.28. The van der Waals surface area contributed by atoms with Crippen LogP contribution in [-0.4, -0.2) is 103 Å². The Morgan fingerprint density at radius 2 is 1.63 bits per heavy atom. The SMILES string of the molecule is COc1cccnc1-c1nc(CN)c(Nc2ccc(N3CCC(N4CC5(CCN(C)CC5)C4)CC3)cc2)nc1NC1CC2(CCOCC2)C1. The second-order valence-electron chi connectivity index (χ2n) is 15.4. The maximum absolute atomic E-state index is 6.28. The summed E-state index contributed by atoms with van der Waals surface area (Å²) in [6.45, 7) is 9.32. The average molecular weight is 668 g/mol. The van der Waals surface area contributed by atoms with E-state index in [1.807, 2.05) is 12.1 Å². The Bertz CT molecular complexity index is 1580. The minimum Gasteiger partial charge on any atom is -0.494 e. The highest BCUT2D eigenvalue weighted by atomic mass is 16.5. The number of benzene rings is 1. The van der Waals surface area contributed by atoms with Crippen molar-refractivity contribution in [3.63, 3.8) is 0 Å². The fourth-order valence-electron chi connectivity index (χ4n) is 9.07. The summed E-state index contributed by atoms with van der Waals surface area (Å²) in [6.07, 6.45) is 11.4. The second kappa shape index (κ2) is 13.7. The molecule has 0 radical (unpaired) electrons. The van der Waals surface area contributed by atoms with E-state index in [2.05, 4.69) is 61.6 Å². The number of likely N-dealkylation sites (tertiary alicyclic amines) is 2. The number of nitrogens with one attached hydrogen (secondary N) is 2. The van der Waals surface area contributed by atoms with Gasteiger partial charge in [-0.25, -0.2) is 9.97 Å². The van der Waals surface area contributed by atoms with E-state index in [4.69, 9.17) is 25.2 Å². The Hall–Kier alpha value is -3.51. The molecule has 262 valence electrons. The van der Waals surface area contributed by atoms with Crippen molar-refractivity contribution in [3.05, 3.63) is 48.3 Å². The highest BCUT2D eigenvalue weighted by Gasteiger charge is 2.47. The number of aromatic nitrogens is 3. The van der Waals surface area contributed by atoms with Crippen LogP contribution in [0, 0.1) is 10.8 Å². The van der Waals surface area contributed by atoms with Gasteiger partial charge in [0, 0.05) is 75.6 Å². The lowest BCUT2D eigenvalue weighted by Gasteiger charge is -2.57. The van der Waals surface area contributed by atoms with Crippen molar-refractivity contribution in [1.29, 1.82) is 0 Å². The highest BCUT2D eigenvalue weighted by molar-refractivity contribution is 5.76. The number of anilines is 4. The van der Waals surface area contributed by atoms with Crippen LogP contribution in [0.2, 0.25) is 0 Å². The third kappa shape index (κ3) is 6.70. The molecule has 0 unspecified atom stereocenters. The molecule has 0 amide bonds. The van der Waals surface area contributed by atoms with Gasteiger partial charge in [-0.3, -0.25) is 9.88 Å². The lowest BCUT2D eigenvalue weighted by Crippen LogP contribution is -2.63. The first-order chi connectivity index (χ1) is 23.9. The molecule has 11 nitrogen and oxygen atoms in total. The zero-order valence-electron chi connectivity index (χ0n) is 29.3. The zero-order chi connectivity index (χ0) is 33.4. The van der Waals surface area contributed by atoms with Crippen molar-refractivity contribution in [2.24, 2.45) is 16.6 Å². The third-order valence-corrected chi connectivity index (χ3v) is 12.2. The molecule has 49 heavy (non-hydrogen) atoms. The number of nitrogens with two attached hydrogens (primary N) is 1. The summed E-state index contributed by atoms with van der Waals surface area (Å²) < 4.78 is 11.3. The Balaban J connectivity index is 0.942. The van der Waals surface area contributed by atoms with Gasteiger partial charge in [-0.05, 0) is 119 Å². The van der Waals surface area contributed by atoms with E-state index in [0.717, 1.165) is 63.7 Å². The number of rotatable bonds is 9. The van der Waals surface area contributed by atoms with Gasteiger partial charge in [-0.15, -0.1) is 0 Å². The highest BCUT2D eigenvalue weighted by Crippen LogP contribution is 2.50. The molecule has 4 saturated heterocycles. The van der Waals surface area contributed by atoms with Crippen LogP contribution in [0.5, 0.6) is 5.75 Å². The molecule has 11 heteroatoms. The van der Waals surface area contributed by atoms with E-state index < -0.39 is 0 Å². The first kappa shape index (κ1) is 32.7. The van der Waals surface area contributed by atoms with Crippen LogP contribution in [-0.2, 0) is 11.3 Å². The van der Waals surface area contributed by atoms with Crippen LogP contribution in [0.15, 0.2) is 42.6 Å². The van der Waals surface area contributed by atoms with Gasteiger partial charge in [0.1, 0.15) is 17.1 Å². The van der Waals surface area contributed by atoms with E-state index >= 15 is 0 Å². The quantitative estimate of drug-likeness (QED) is 0.283. The minimum absolute atomic E-state index is 0.243. The molecule has 0 bridgehead atoms. The maximum Gasteiger partial charge on any atom is 0.157 e. The van der Waals surface area contributed by atoms with Gasteiger partial charge in [0.05, 0.1) is 12.8 Å². The number of hydrogen-bond acceptors (Lipinski definition) is 11. The molecular formula is C38H53N9O2. The van der Waals surface area contributed by atoms with Gasteiger partial charge >= 0.3 is 0 Å². The molecule has 5 aliphatic rings. The molecule has 3 aromatic rings. The molecule has 0 atom stereocenters. The average Bonchev–Trinajstić information content (AvgIpc) is 3.11. The van der Waals surface area contributed by atoms with E-state index in [9.17, 15) is 0 Å². The normalized spacial score (nSPS) is 22.9. The Morgan fingerprint density at radius 3 is 2.33 bits per heavy atom. The summed E-state index contributed by atoms with van der Waals surface area (Å²) in [5.41, 5.74) is 11.5. The summed E-state index contributed by atoms with van der Waals surface area (Å²) in [5.74, 6) is 2.02. The lowest BCUT2D eigenvalue weighted by molar-refractivity contribution is -0.0704. The molecule has 2 spiro atoms. The molecule has 2 aromatic heterocycles. The van der Waals surface area contributed by atoms with Crippen LogP contribution in [0.4, 0.5) is 23.0 Å². The molecule has 1 saturated carbocycles. The number of hydrogen-bond donors (Lipinski definition) is 3. The number of ether oxygens (including phenoxy) is 2. The summed E-state index contributed by atoms with van der Waals surface area (Å²) >= 11 is 0. The number of pyridine rings is 1. The predicted molar refractivity (Wildman–Crippen MR) is 195 cm³/mol. The second-order valence-corrected chi connectivity index (χ2v) is 15.4. The van der Waals surface area contributed by atoms with Crippen molar-refractivity contribution >= 4 is 23.0 Å². The van der Waals surface area contributed by atoms with Gasteiger partial charge in [-0.1, -0.05) is 0 Å². The standard InChI is InChI=1S/C38H53N9O2/c1-45-18-11-38(12-19-45)25-47(26-38)30-9-16-46(17-10-30)29-7-5-27(6-8-29)41-35-31(24-39)43-34(33-32(48-2)4-3-15-40-33)36(44-35)42-28-22-37(23-28)13-20-49-21-14-37/h3-8,15,28,30H,9-14,16-26,39H2,1-2H3,(H2,41,42,44). The van der Waals surface area contributed by atoms with Crippen LogP contribution in [0.3, 0.4) is 0 Å². The topological polar surface area (TPSA) is 117 Å². The van der Waals surface area contributed by atoms with E-state index in [-0.39, 0.29) is 6.54 Å². The first-order valence-electron chi connectivity index (χ1n) is 18.4. The summed E-state index contributed by atoms with van der Waals surface area (Å²) in [4.78, 5) is 22.6. The van der Waals surface area contributed by atoms with Gasteiger partial charge in [0.15, 0.2) is 11.6 Å². The Morgan fingerprint density at radius 1 is 0.898 bits per heavy atom. The van der Waals surface area contributed by atoms with E-state index in [1.54, 1.807) is 13.3 Å². The zero-order valence-corrected chi connectivity index (χ0v) is 29.3. The predicted octanol–water partition coefficient (Wildman–Crippen LogP) is 5.12. The van der Waals surface area contributed by atoms with Crippen LogP contribution in [0.1, 0.15) is 57.1 Å². The number of methoxy groups -OCH3 is 1. The molecule has 5 fully saturated rings. The monoisotopic (exact) mass is 667 g/mol. The van der Waals surface area contributed by atoms with Gasteiger partial charge in [0.2, 0.25) is 0 Å². The lowest BCUT2D eigenvalue weighted by atomic mass is 9.61. The van der Waals surface area contributed by atoms with E-state index in [0.29, 0.717) is 51.3 Å². The van der Waals surface area contributed by atoms with Crippen molar-refractivity contribution < 1.29 is 9.47 Å². The molecule has 1 aromatic carbocycles. The summed E-state index contributed by atoms with van der Waals surface area (Å²) in [7, 11) is 3.92. The molecule has 6 heterocycles. The van der Waals surface area contributed by atoms with Crippen molar-refractivity contribution in [3.8, 4) is 17.1 Å². The fourth-order valence-corrected chi connectivity index (χ4v) is 9.07. The Labute approximate surface area is 291 Å². The smallest absolute Gasteiger partial charge is 0.157 e. The molecular weight excluding hydrogens is 614 g/mol. The summed E-state index contributed by atoms with van der Waals surface area (Å²) in [6, 6.07) is 13.6. The Kier molecular flexibility index (Phi) is 9.11. The van der Waals surface area contributed by atoms with E-state index in [1.165, 1.54) is 57.5 Å². The molecule has 4 N–H and O–H groups in total. The van der Waals surface area contributed by atoms with Crippen LogP contribution < -0.4 is 26.0 Å². The van der Waals surface area contributed by atoms with Crippen LogP contribution >= 0.6 is 0 Å². The molecule has 8 rings (SSSR count). The molecule has 1 aliphatic carbocycles. The molecule has 4 aliphatic heterocycles. The van der Waals surface area contributed by atoms with Gasteiger partial charge in [-0.2, -0.15) is 0 Å². The first-order valence-corrected chi connectivity index (χ1v) is 18.4. The number of nitrogens with zero attached hydrogens (tertiary/aromatic N) is 6. The van der Waals surface area contributed by atoms with Crippen molar-refractivity contribution in [2.45, 2.75) is 70.0 Å². The van der Waals surface area contributed by atoms with Crippen molar-refractivity contribution in [2.75, 3.05) is 82.2 Å². The fraction of sp³-hybridized carbons (Fsp3) is 0.605. The van der Waals surface area contributed by atoms with Crippen LogP contribution in [0.25, 0.3) is 11.4 Å². The third-order valence-electron chi connectivity index (χ3n) is 12.2. The number of piperidine rings is 2. The largest absolute Gasteiger partial charge is 0.494 e. The minimum atomic E-state index is 0.243. The summed E-state index contributed by atoms with van der Waals surface area (Å²) in [5, 5.41) is 7.28. The van der Waals surface area contributed by atoms with Gasteiger partial charge < -0.3 is 35.6 Å².